The standard InChI is InChI=1S/C23H18ClN3O7/c1-32-21-12-15(10-11-20(21)34-23(29)16-6-2-3-7-17(16)24)13-25-26-22(28)14-33-19-9-5-4-8-18(19)27(30)31/h2-13H,14H2,1H3,(H,26,28)/b25-13-. The van der Waals surface area contributed by atoms with E-state index >= 15 is 0 Å². The van der Waals surface area contributed by atoms with Crippen molar-refractivity contribution in [1.82, 2.24) is 5.43 Å². The Hall–Kier alpha value is -4.44. The predicted octanol–water partition coefficient (Wildman–Crippen LogP) is 4.01. The Labute approximate surface area is 198 Å². The summed E-state index contributed by atoms with van der Waals surface area (Å²) in [4.78, 5) is 34.7. The molecule has 1 amide bonds. The summed E-state index contributed by atoms with van der Waals surface area (Å²) in [5, 5.41) is 15.1. The number of carbonyl (C=O) groups is 2. The van der Waals surface area contributed by atoms with E-state index in [1.165, 1.54) is 37.6 Å². The van der Waals surface area contributed by atoms with Crippen LogP contribution in [0.2, 0.25) is 5.02 Å². The third kappa shape index (κ3) is 6.30. The molecule has 1 N–H and O–H groups in total. The highest BCUT2D eigenvalue weighted by atomic mass is 35.5. The molecule has 0 bridgehead atoms. The van der Waals surface area contributed by atoms with Crippen LogP contribution in [0.3, 0.4) is 0 Å². The highest BCUT2D eigenvalue weighted by Crippen LogP contribution is 2.29. The van der Waals surface area contributed by atoms with Gasteiger partial charge in [-0.15, -0.1) is 0 Å². The summed E-state index contributed by atoms with van der Waals surface area (Å²) >= 11 is 6.02. The van der Waals surface area contributed by atoms with Gasteiger partial charge >= 0.3 is 11.7 Å². The molecular weight excluding hydrogens is 466 g/mol. The lowest BCUT2D eigenvalue weighted by Gasteiger charge is -2.10. The molecular formula is C23H18ClN3O7. The third-order valence-corrected chi connectivity index (χ3v) is 4.64. The third-order valence-electron chi connectivity index (χ3n) is 4.31. The smallest absolute Gasteiger partial charge is 0.345 e. The molecule has 0 unspecified atom stereocenters. The van der Waals surface area contributed by atoms with Crippen LogP contribution >= 0.6 is 11.6 Å². The van der Waals surface area contributed by atoms with Gasteiger partial charge in [0.1, 0.15) is 0 Å². The van der Waals surface area contributed by atoms with Crippen LogP contribution in [0, 0.1) is 10.1 Å². The summed E-state index contributed by atoms with van der Waals surface area (Å²) in [6.07, 6.45) is 1.34. The Balaban J connectivity index is 1.59. The van der Waals surface area contributed by atoms with Crippen LogP contribution in [0.5, 0.6) is 17.2 Å². The van der Waals surface area contributed by atoms with Gasteiger partial charge in [-0.3, -0.25) is 14.9 Å². The zero-order valence-corrected chi connectivity index (χ0v) is 18.5. The van der Waals surface area contributed by atoms with Crippen LogP contribution in [0.15, 0.2) is 71.8 Å². The molecule has 0 aromatic heterocycles. The second-order valence-electron chi connectivity index (χ2n) is 6.59. The first-order valence-corrected chi connectivity index (χ1v) is 10.1. The monoisotopic (exact) mass is 483 g/mol. The van der Waals surface area contributed by atoms with E-state index < -0.39 is 23.4 Å². The van der Waals surface area contributed by atoms with Crippen molar-refractivity contribution < 1.29 is 28.7 Å². The summed E-state index contributed by atoms with van der Waals surface area (Å²) < 4.78 is 15.8. The minimum absolute atomic E-state index is 0.0294. The van der Waals surface area contributed by atoms with Gasteiger partial charge in [0.15, 0.2) is 23.9 Å². The number of nitrogens with zero attached hydrogens (tertiary/aromatic N) is 2. The Bertz CT molecular complexity index is 1250. The lowest BCUT2D eigenvalue weighted by molar-refractivity contribution is -0.385. The van der Waals surface area contributed by atoms with Gasteiger partial charge in [0, 0.05) is 6.07 Å². The summed E-state index contributed by atoms with van der Waals surface area (Å²) in [5.74, 6) is -0.858. The predicted molar refractivity (Wildman–Crippen MR) is 124 cm³/mol. The molecule has 0 aliphatic carbocycles. The molecule has 3 aromatic carbocycles. The van der Waals surface area contributed by atoms with Crippen molar-refractivity contribution in [3.05, 3.63) is 93.0 Å². The number of halogens is 1. The number of nitrogens with one attached hydrogen (secondary N) is 1. The summed E-state index contributed by atoms with van der Waals surface area (Å²) in [6, 6.07) is 16.9. The van der Waals surface area contributed by atoms with Crippen LogP contribution in [0.4, 0.5) is 5.69 Å². The molecule has 0 saturated carbocycles. The van der Waals surface area contributed by atoms with Gasteiger partial charge in [-0.2, -0.15) is 5.10 Å². The molecule has 0 radical (unpaired) electrons. The lowest BCUT2D eigenvalue weighted by atomic mass is 10.2. The van der Waals surface area contributed by atoms with E-state index in [-0.39, 0.29) is 33.5 Å². The molecule has 10 nitrogen and oxygen atoms in total. The highest BCUT2D eigenvalue weighted by molar-refractivity contribution is 6.33. The molecule has 3 aromatic rings. The van der Waals surface area contributed by atoms with Gasteiger partial charge in [-0.25, -0.2) is 10.2 Å². The van der Waals surface area contributed by atoms with Crippen molar-refractivity contribution in [3.63, 3.8) is 0 Å². The van der Waals surface area contributed by atoms with Gasteiger partial charge in [0.2, 0.25) is 0 Å². The van der Waals surface area contributed by atoms with Crippen LogP contribution in [0.25, 0.3) is 0 Å². The van der Waals surface area contributed by atoms with Crippen LogP contribution in [0.1, 0.15) is 15.9 Å². The molecule has 0 aliphatic heterocycles. The molecule has 0 aliphatic rings. The molecule has 174 valence electrons. The number of hydrogen-bond donors (Lipinski definition) is 1. The number of rotatable bonds is 9. The summed E-state index contributed by atoms with van der Waals surface area (Å²) in [6.45, 7) is -0.470. The molecule has 3 rings (SSSR count). The quantitative estimate of drug-likeness (QED) is 0.160. The van der Waals surface area contributed by atoms with Crippen molar-refractivity contribution in [3.8, 4) is 17.2 Å². The van der Waals surface area contributed by atoms with Crippen molar-refractivity contribution >= 4 is 35.4 Å². The topological polar surface area (TPSA) is 129 Å². The number of ether oxygens (including phenoxy) is 3. The van der Waals surface area contributed by atoms with E-state index in [0.29, 0.717) is 5.56 Å². The number of hydrogen-bond acceptors (Lipinski definition) is 8. The van der Waals surface area contributed by atoms with E-state index in [4.69, 9.17) is 25.8 Å². The van der Waals surface area contributed by atoms with Crippen molar-refractivity contribution in [2.75, 3.05) is 13.7 Å². The normalized spacial score (nSPS) is 10.5. The first-order chi connectivity index (χ1) is 16.4. The number of nitro benzene ring substituents is 1. The van der Waals surface area contributed by atoms with Gasteiger partial charge < -0.3 is 14.2 Å². The SMILES string of the molecule is COc1cc(/C=N\NC(=O)COc2ccccc2[N+](=O)[O-])ccc1OC(=O)c1ccccc1Cl. The number of nitro groups is 1. The van der Waals surface area contributed by atoms with Crippen LogP contribution < -0.4 is 19.6 Å². The van der Waals surface area contributed by atoms with Crippen molar-refractivity contribution in [2.24, 2.45) is 5.10 Å². The molecule has 34 heavy (non-hydrogen) atoms. The summed E-state index contributed by atoms with van der Waals surface area (Å²) in [7, 11) is 1.41. The lowest BCUT2D eigenvalue weighted by Crippen LogP contribution is -2.24. The largest absolute Gasteiger partial charge is 0.493 e. The average Bonchev–Trinajstić information content (AvgIpc) is 2.83. The number of benzene rings is 3. The zero-order chi connectivity index (χ0) is 24.5. The van der Waals surface area contributed by atoms with Gasteiger partial charge in [0.05, 0.1) is 28.8 Å². The highest BCUT2D eigenvalue weighted by Gasteiger charge is 2.16. The molecule has 11 heteroatoms. The first-order valence-electron chi connectivity index (χ1n) is 9.72. The molecule has 0 spiro atoms. The first kappa shape index (κ1) is 24.2. The maximum atomic E-state index is 12.4. The molecule has 0 atom stereocenters. The van der Waals surface area contributed by atoms with Gasteiger partial charge in [-0.1, -0.05) is 35.9 Å². The average molecular weight is 484 g/mol. The minimum atomic E-state index is -0.642. The number of amides is 1. The Morgan fingerprint density at radius 3 is 2.53 bits per heavy atom. The zero-order valence-electron chi connectivity index (χ0n) is 17.8. The van der Waals surface area contributed by atoms with E-state index in [0.717, 1.165) is 0 Å². The Morgan fingerprint density at radius 2 is 1.79 bits per heavy atom. The van der Waals surface area contributed by atoms with E-state index in [1.807, 2.05) is 0 Å². The molecule has 0 fully saturated rings. The number of carbonyl (C=O) groups excluding carboxylic acids is 2. The second-order valence-corrected chi connectivity index (χ2v) is 6.99. The fourth-order valence-electron chi connectivity index (χ4n) is 2.71. The van der Waals surface area contributed by atoms with E-state index in [9.17, 15) is 19.7 Å². The van der Waals surface area contributed by atoms with Crippen molar-refractivity contribution in [1.29, 1.82) is 0 Å². The molecule has 0 saturated heterocycles. The van der Waals surface area contributed by atoms with Gasteiger partial charge in [0.25, 0.3) is 5.91 Å². The van der Waals surface area contributed by atoms with Crippen LogP contribution in [-0.4, -0.2) is 36.7 Å². The fraction of sp³-hybridized carbons (Fsp3) is 0.0870. The van der Waals surface area contributed by atoms with E-state index in [1.54, 1.807) is 42.5 Å². The van der Waals surface area contributed by atoms with Gasteiger partial charge in [-0.05, 0) is 42.0 Å². The van der Waals surface area contributed by atoms with Crippen molar-refractivity contribution in [2.45, 2.75) is 0 Å². The number of esters is 1. The number of methoxy groups -OCH3 is 1. The number of hydrazone groups is 1. The maximum Gasteiger partial charge on any atom is 0.345 e. The fourth-order valence-corrected chi connectivity index (χ4v) is 2.93. The Kier molecular flexibility index (Phi) is 8.14. The molecule has 0 heterocycles. The van der Waals surface area contributed by atoms with E-state index in [2.05, 4.69) is 10.5 Å². The second kappa shape index (κ2) is 11.4. The summed E-state index contributed by atoms with van der Waals surface area (Å²) in [5.41, 5.74) is 2.76. The minimum Gasteiger partial charge on any atom is -0.493 e. The number of para-hydroxylation sites is 2. The maximum absolute atomic E-state index is 12.4. The van der Waals surface area contributed by atoms with Crippen LogP contribution in [-0.2, 0) is 4.79 Å². The Morgan fingerprint density at radius 1 is 1.06 bits per heavy atom.